The van der Waals surface area contributed by atoms with Gasteiger partial charge in [0.1, 0.15) is 0 Å². The van der Waals surface area contributed by atoms with Crippen LogP contribution in [0.25, 0.3) is 0 Å². The van der Waals surface area contributed by atoms with Gasteiger partial charge in [-0.15, -0.1) is 0 Å². The molecule has 0 aliphatic heterocycles. The summed E-state index contributed by atoms with van der Waals surface area (Å²) < 4.78 is 25.5. The fraction of sp³-hybridized carbons (Fsp3) is 0.0667. The lowest BCUT2D eigenvalue weighted by Gasteiger charge is -2.11. The highest BCUT2D eigenvalue weighted by atomic mass is 35.5. The molecule has 20 heavy (non-hydrogen) atoms. The SMILES string of the molecule is CN(C#Cc1ccccc1)S(=O)(=O)c1ccc(Cl)cc1. The van der Waals surface area contributed by atoms with E-state index in [9.17, 15) is 8.42 Å². The lowest BCUT2D eigenvalue weighted by molar-refractivity contribution is 0.547. The molecule has 2 aromatic carbocycles. The maximum atomic E-state index is 12.2. The first kappa shape index (κ1) is 14.4. The number of benzene rings is 2. The molecule has 2 rings (SSSR count). The Morgan fingerprint density at radius 1 is 1.00 bits per heavy atom. The van der Waals surface area contributed by atoms with E-state index < -0.39 is 10.0 Å². The fourth-order valence-corrected chi connectivity index (χ4v) is 2.58. The number of nitrogens with zero attached hydrogens (tertiary/aromatic N) is 1. The second-order valence-electron chi connectivity index (χ2n) is 4.03. The second-order valence-corrected chi connectivity index (χ2v) is 6.43. The molecule has 3 nitrogen and oxygen atoms in total. The van der Waals surface area contributed by atoms with E-state index in [1.54, 1.807) is 0 Å². The van der Waals surface area contributed by atoms with Crippen LogP contribution in [0.1, 0.15) is 5.56 Å². The van der Waals surface area contributed by atoms with Crippen LogP contribution in [0, 0.1) is 12.0 Å². The molecule has 0 saturated heterocycles. The second kappa shape index (κ2) is 6.00. The largest absolute Gasteiger partial charge is 0.270 e. The zero-order valence-electron chi connectivity index (χ0n) is 10.7. The van der Waals surface area contributed by atoms with Gasteiger partial charge in [-0.1, -0.05) is 29.8 Å². The van der Waals surface area contributed by atoms with Gasteiger partial charge in [0.05, 0.1) is 4.90 Å². The normalized spacial score (nSPS) is 10.5. The van der Waals surface area contributed by atoms with E-state index in [4.69, 9.17) is 11.6 Å². The molecule has 0 atom stereocenters. The van der Waals surface area contributed by atoms with Gasteiger partial charge < -0.3 is 0 Å². The van der Waals surface area contributed by atoms with Crippen LogP contribution in [0.3, 0.4) is 0 Å². The van der Waals surface area contributed by atoms with E-state index >= 15 is 0 Å². The van der Waals surface area contributed by atoms with Crippen LogP contribution in [0.5, 0.6) is 0 Å². The Bertz CT molecular complexity index is 744. The monoisotopic (exact) mass is 305 g/mol. The van der Waals surface area contributed by atoms with Crippen molar-refractivity contribution in [3.8, 4) is 12.0 Å². The van der Waals surface area contributed by atoms with E-state index in [-0.39, 0.29) is 4.90 Å². The van der Waals surface area contributed by atoms with Crippen molar-refractivity contribution in [2.75, 3.05) is 7.05 Å². The van der Waals surface area contributed by atoms with Crippen molar-refractivity contribution in [1.82, 2.24) is 4.31 Å². The minimum Gasteiger partial charge on any atom is -0.227 e. The summed E-state index contributed by atoms with van der Waals surface area (Å²) in [5.41, 5.74) is 0.755. The van der Waals surface area contributed by atoms with Crippen LogP contribution in [0.2, 0.25) is 5.02 Å². The first-order valence-electron chi connectivity index (χ1n) is 5.81. The van der Waals surface area contributed by atoms with Gasteiger partial charge in [0.25, 0.3) is 10.0 Å². The van der Waals surface area contributed by atoms with Gasteiger partial charge in [0.2, 0.25) is 0 Å². The Labute approximate surface area is 123 Å². The van der Waals surface area contributed by atoms with Crippen LogP contribution < -0.4 is 0 Å². The van der Waals surface area contributed by atoms with Gasteiger partial charge in [-0.05, 0) is 42.3 Å². The van der Waals surface area contributed by atoms with E-state index in [1.165, 1.54) is 31.3 Å². The third kappa shape index (κ3) is 3.32. The summed E-state index contributed by atoms with van der Waals surface area (Å²) in [6, 6.07) is 17.8. The van der Waals surface area contributed by atoms with Gasteiger partial charge in [-0.2, -0.15) is 0 Å². The minimum absolute atomic E-state index is 0.159. The summed E-state index contributed by atoms with van der Waals surface area (Å²) in [6.07, 6.45) is 0. The Kier molecular flexibility index (Phi) is 4.33. The van der Waals surface area contributed by atoms with Crippen molar-refractivity contribution >= 4 is 21.6 Å². The number of rotatable bonds is 2. The molecule has 0 bridgehead atoms. The van der Waals surface area contributed by atoms with Gasteiger partial charge >= 0.3 is 0 Å². The lowest BCUT2D eigenvalue weighted by atomic mass is 10.2. The Hall–Kier alpha value is -1.96. The number of hydrogen-bond donors (Lipinski definition) is 0. The molecule has 0 fully saturated rings. The van der Waals surface area contributed by atoms with Gasteiger partial charge in [0, 0.05) is 23.7 Å². The van der Waals surface area contributed by atoms with Crippen LogP contribution in [0.15, 0.2) is 59.5 Å². The van der Waals surface area contributed by atoms with Gasteiger partial charge in [0.15, 0.2) is 0 Å². The number of sulfonamides is 1. The molecule has 0 aliphatic rings. The minimum atomic E-state index is -3.62. The van der Waals surface area contributed by atoms with Crippen LogP contribution in [-0.4, -0.2) is 19.8 Å². The van der Waals surface area contributed by atoms with Crippen LogP contribution >= 0.6 is 11.6 Å². The Balaban J connectivity index is 2.27. The summed E-state index contributed by atoms with van der Waals surface area (Å²) >= 11 is 5.75. The van der Waals surface area contributed by atoms with E-state index in [0.717, 1.165) is 9.87 Å². The van der Waals surface area contributed by atoms with E-state index in [1.807, 2.05) is 30.3 Å². The average Bonchev–Trinajstić information content (AvgIpc) is 2.46. The van der Waals surface area contributed by atoms with Crippen molar-refractivity contribution in [2.45, 2.75) is 4.90 Å². The van der Waals surface area contributed by atoms with Crippen molar-refractivity contribution in [2.24, 2.45) is 0 Å². The summed E-state index contributed by atoms with van der Waals surface area (Å²) in [6.45, 7) is 0. The van der Waals surface area contributed by atoms with Crippen LogP contribution in [0.4, 0.5) is 0 Å². The molecule has 2 aromatic rings. The van der Waals surface area contributed by atoms with E-state index in [0.29, 0.717) is 5.02 Å². The molecular weight excluding hydrogens is 294 g/mol. The summed E-state index contributed by atoms with van der Waals surface area (Å²) in [5, 5.41) is 0.488. The standard InChI is InChI=1S/C15H12ClNO2S/c1-17(12-11-13-5-3-2-4-6-13)20(18,19)15-9-7-14(16)8-10-15/h2-10H,1H3. The lowest BCUT2D eigenvalue weighted by Crippen LogP contribution is -2.21. The average molecular weight is 306 g/mol. The molecule has 0 saturated carbocycles. The highest BCUT2D eigenvalue weighted by Crippen LogP contribution is 2.16. The van der Waals surface area contributed by atoms with Gasteiger partial charge in [-0.25, -0.2) is 12.7 Å². The predicted molar refractivity (Wildman–Crippen MR) is 79.7 cm³/mol. The van der Waals surface area contributed by atoms with E-state index in [2.05, 4.69) is 12.0 Å². The molecule has 0 heterocycles. The van der Waals surface area contributed by atoms with Crippen LogP contribution in [-0.2, 0) is 10.0 Å². The number of halogens is 1. The van der Waals surface area contributed by atoms with Crippen molar-refractivity contribution in [3.05, 3.63) is 65.2 Å². The molecule has 0 unspecified atom stereocenters. The fourth-order valence-electron chi connectivity index (χ4n) is 1.49. The third-order valence-electron chi connectivity index (χ3n) is 2.60. The summed E-state index contributed by atoms with van der Waals surface area (Å²) in [5.74, 6) is 2.80. The molecular formula is C15H12ClNO2S. The topological polar surface area (TPSA) is 37.4 Å². The van der Waals surface area contributed by atoms with Gasteiger partial charge in [-0.3, -0.25) is 0 Å². The molecule has 5 heteroatoms. The molecule has 0 amide bonds. The highest BCUT2D eigenvalue weighted by Gasteiger charge is 2.17. The number of hydrogen-bond acceptors (Lipinski definition) is 2. The molecule has 0 N–H and O–H groups in total. The maximum Gasteiger partial charge on any atom is 0.270 e. The maximum absolute atomic E-state index is 12.2. The molecule has 0 radical (unpaired) electrons. The zero-order chi connectivity index (χ0) is 14.6. The third-order valence-corrected chi connectivity index (χ3v) is 4.54. The molecule has 102 valence electrons. The predicted octanol–water partition coefficient (Wildman–Crippen LogP) is 2.97. The Morgan fingerprint density at radius 3 is 2.20 bits per heavy atom. The first-order chi connectivity index (χ1) is 9.50. The molecule has 0 aliphatic carbocycles. The first-order valence-corrected chi connectivity index (χ1v) is 7.63. The highest BCUT2D eigenvalue weighted by molar-refractivity contribution is 7.89. The molecule has 0 spiro atoms. The quantitative estimate of drug-likeness (QED) is 0.632. The van der Waals surface area contributed by atoms with Crippen molar-refractivity contribution < 1.29 is 8.42 Å². The van der Waals surface area contributed by atoms with Crippen molar-refractivity contribution in [3.63, 3.8) is 0 Å². The smallest absolute Gasteiger partial charge is 0.227 e. The summed E-state index contributed by atoms with van der Waals surface area (Å²) in [7, 11) is -2.21. The molecule has 0 aromatic heterocycles. The summed E-state index contributed by atoms with van der Waals surface area (Å²) in [4.78, 5) is 0.159. The Morgan fingerprint density at radius 2 is 1.60 bits per heavy atom. The zero-order valence-corrected chi connectivity index (χ0v) is 12.3. The van der Waals surface area contributed by atoms with Crippen molar-refractivity contribution in [1.29, 1.82) is 0 Å².